The molecule has 0 atom stereocenters. The maximum Gasteiger partial charge on any atom is 0.208 e. The minimum absolute atomic E-state index is 0.230. The molecule has 0 radical (unpaired) electrons. The molecule has 1 aromatic rings. The second kappa shape index (κ2) is 6.53. The van der Waals surface area contributed by atoms with Crippen LogP contribution in [0.1, 0.15) is 11.1 Å². The van der Waals surface area contributed by atoms with Crippen molar-refractivity contribution in [1.29, 1.82) is 0 Å². The minimum atomic E-state index is -3.17. The monoisotopic (exact) mass is 284 g/mol. The van der Waals surface area contributed by atoms with Crippen molar-refractivity contribution in [3.63, 3.8) is 0 Å². The molecule has 0 saturated carbocycles. The predicted octanol–water partition coefficient (Wildman–Crippen LogP) is 0.579. The van der Waals surface area contributed by atoms with E-state index in [4.69, 9.17) is 5.73 Å². The van der Waals surface area contributed by atoms with Crippen LogP contribution in [0.4, 0.5) is 5.69 Å². The van der Waals surface area contributed by atoms with E-state index in [0.717, 1.165) is 23.1 Å². The Hall–Kier alpha value is -1.60. The van der Waals surface area contributed by atoms with Crippen LogP contribution in [0.5, 0.6) is 0 Å². The van der Waals surface area contributed by atoms with E-state index in [1.54, 1.807) is 0 Å². The van der Waals surface area contributed by atoms with Crippen LogP contribution >= 0.6 is 0 Å². The quantitative estimate of drug-likeness (QED) is 0.418. The molecule has 7 heteroatoms. The topological polar surface area (TPSA) is 96.6 Å². The van der Waals surface area contributed by atoms with Crippen LogP contribution in [0.25, 0.3) is 0 Å². The fraction of sp³-hybridized carbons (Fsp3) is 0.417. The molecule has 19 heavy (non-hydrogen) atoms. The molecule has 0 saturated heterocycles. The maximum absolute atomic E-state index is 10.8. The largest absolute Gasteiger partial charge is 0.370 e. The van der Waals surface area contributed by atoms with E-state index in [-0.39, 0.29) is 19.0 Å². The second-order valence-corrected chi connectivity index (χ2v) is 6.27. The lowest BCUT2D eigenvalue weighted by molar-refractivity contribution is 0.588. The van der Waals surface area contributed by atoms with Gasteiger partial charge in [-0.3, -0.25) is 4.99 Å². The average Bonchev–Trinajstić information content (AvgIpc) is 2.21. The summed E-state index contributed by atoms with van der Waals surface area (Å²) < 4.78 is 24.0. The van der Waals surface area contributed by atoms with Crippen LogP contribution in [-0.2, 0) is 10.0 Å². The minimum Gasteiger partial charge on any atom is -0.370 e. The Balaban J connectivity index is 2.52. The summed E-state index contributed by atoms with van der Waals surface area (Å²) in [5, 5.41) is 2.97. The van der Waals surface area contributed by atoms with Crippen LogP contribution in [0.15, 0.2) is 23.2 Å². The van der Waals surface area contributed by atoms with Gasteiger partial charge in [-0.2, -0.15) is 0 Å². The Bertz CT molecular complexity index is 547. The molecule has 106 valence electrons. The number of anilines is 1. The summed E-state index contributed by atoms with van der Waals surface area (Å²) in [6, 6.07) is 5.99. The Labute approximate surface area is 114 Å². The fourth-order valence-electron chi connectivity index (χ4n) is 1.64. The number of nitrogens with zero attached hydrogens (tertiary/aromatic N) is 1. The van der Waals surface area contributed by atoms with Crippen molar-refractivity contribution in [3.05, 3.63) is 29.3 Å². The van der Waals surface area contributed by atoms with E-state index in [1.165, 1.54) is 0 Å². The molecule has 0 aliphatic rings. The number of benzene rings is 1. The lowest BCUT2D eigenvalue weighted by Crippen LogP contribution is -2.27. The van der Waals surface area contributed by atoms with Gasteiger partial charge in [-0.15, -0.1) is 0 Å². The Kier molecular flexibility index (Phi) is 5.31. The number of rotatable bonds is 5. The predicted molar refractivity (Wildman–Crippen MR) is 78.9 cm³/mol. The number of hydrogen-bond acceptors (Lipinski definition) is 3. The van der Waals surface area contributed by atoms with Gasteiger partial charge in [0.25, 0.3) is 0 Å². The third-order valence-corrected chi connectivity index (χ3v) is 2.98. The highest BCUT2D eigenvalue weighted by atomic mass is 32.2. The van der Waals surface area contributed by atoms with Crippen molar-refractivity contribution in [2.75, 3.05) is 24.7 Å². The Morgan fingerprint density at radius 2 is 1.84 bits per heavy atom. The van der Waals surface area contributed by atoms with Gasteiger partial charge in [0.05, 0.1) is 12.8 Å². The number of sulfonamides is 1. The van der Waals surface area contributed by atoms with Gasteiger partial charge in [-0.05, 0) is 37.1 Å². The van der Waals surface area contributed by atoms with E-state index in [0.29, 0.717) is 0 Å². The highest BCUT2D eigenvalue weighted by Gasteiger charge is 1.99. The summed E-state index contributed by atoms with van der Waals surface area (Å²) in [7, 11) is -3.17. The summed E-state index contributed by atoms with van der Waals surface area (Å²) in [5.41, 5.74) is 8.85. The number of aryl methyl sites for hydroxylation is 2. The molecular weight excluding hydrogens is 264 g/mol. The van der Waals surface area contributed by atoms with Crippen LogP contribution < -0.4 is 15.8 Å². The van der Waals surface area contributed by atoms with Crippen molar-refractivity contribution in [2.24, 2.45) is 10.7 Å². The molecular formula is C12H20N4O2S. The normalized spacial score (nSPS) is 12.5. The fourth-order valence-corrected chi connectivity index (χ4v) is 2.10. The zero-order valence-corrected chi connectivity index (χ0v) is 12.2. The molecule has 4 N–H and O–H groups in total. The molecule has 0 bridgehead atoms. The SMILES string of the molecule is Cc1cc(C)cc(NC(N)=NCCNS(C)(=O)=O)c1. The van der Waals surface area contributed by atoms with Gasteiger partial charge >= 0.3 is 0 Å². The van der Waals surface area contributed by atoms with Gasteiger partial charge in [0, 0.05) is 12.2 Å². The number of guanidine groups is 1. The number of aliphatic imine (C=N–C) groups is 1. The lowest BCUT2D eigenvalue weighted by Gasteiger charge is -2.08. The summed E-state index contributed by atoms with van der Waals surface area (Å²) in [6.45, 7) is 4.52. The van der Waals surface area contributed by atoms with E-state index in [9.17, 15) is 8.42 Å². The van der Waals surface area contributed by atoms with Crippen molar-refractivity contribution < 1.29 is 8.42 Å². The zero-order valence-electron chi connectivity index (χ0n) is 11.4. The molecule has 0 aliphatic heterocycles. The molecule has 0 aromatic heterocycles. The molecule has 6 nitrogen and oxygen atoms in total. The van der Waals surface area contributed by atoms with Gasteiger partial charge in [-0.1, -0.05) is 6.07 Å². The van der Waals surface area contributed by atoms with Gasteiger partial charge in [0.15, 0.2) is 5.96 Å². The first kappa shape index (κ1) is 15.5. The third kappa shape index (κ3) is 6.78. The summed E-state index contributed by atoms with van der Waals surface area (Å²) >= 11 is 0. The third-order valence-electron chi connectivity index (χ3n) is 2.25. The van der Waals surface area contributed by atoms with Crippen LogP contribution in [0.2, 0.25) is 0 Å². The van der Waals surface area contributed by atoms with Crippen molar-refractivity contribution in [2.45, 2.75) is 13.8 Å². The number of nitrogens with one attached hydrogen (secondary N) is 2. The van der Waals surface area contributed by atoms with Crippen molar-refractivity contribution in [3.8, 4) is 0 Å². The molecule has 1 rings (SSSR count). The van der Waals surface area contributed by atoms with Crippen molar-refractivity contribution >= 4 is 21.7 Å². The first-order valence-electron chi connectivity index (χ1n) is 5.86. The van der Waals surface area contributed by atoms with E-state index in [1.807, 2.05) is 26.0 Å². The molecule has 0 aliphatic carbocycles. The molecule has 0 heterocycles. The van der Waals surface area contributed by atoms with Gasteiger partial charge < -0.3 is 11.1 Å². The van der Waals surface area contributed by atoms with Crippen LogP contribution in [0, 0.1) is 13.8 Å². The molecule has 1 aromatic carbocycles. The van der Waals surface area contributed by atoms with Crippen LogP contribution in [-0.4, -0.2) is 33.7 Å². The Morgan fingerprint density at radius 3 is 2.37 bits per heavy atom. The summed E-state index contributed by atoms with van der Waals surface area (Å²) in [5.74, 6) is 0.264. The first-order valence-corrected chi connectivity index (χ1v) is 7.75. The van der Waals surface area contributed by atoms with Crippen LogP contribution in [0.3, 0.4) is 0 Å². The van der Waals surface area contributed by atoms with E-state index in [2.05, 4.69) is 21.1 Å². The van der Waals surface area contributed by atoms with E-state index >= 15 is 0 Å². The number of nitrogens with two attached hydrogens (primary N) is 1. The van der Waals surface area contributed by atoms with Gasteiger partial charge in [0.2, 0.25) is 10.0 Å². The smallest absolute Gasteiger partial charge is 0.208 e. The summed E-state index contributed by atoms with van der Waals surface area (Å²) in [6.07, 6.45) is 1.11. The maximum atomic E-state index is 10.8. The summed E-state index contributed by atoms with van der Waals surface area (Å²) in [4.78, 5) is 4.04. The average molecular weight is 284 g/mol. The molecule has 0 amide bonds. The van der Waals surface area contributed by atoms with Crippen molar-refractivity contribution in [1.82, 2.24) is 4.72 Å². The number of hydrogen-bond donors (Lipinski definition) is 3. The first-order chi connectivity index (χ1) is 8.76. The molecule has 0 spiro atoms. The van der Waals surface area contributed by atoms with E-state index < -0.39 is 10.0 Å². The van der Waals surface area contributed by atoms with Gasteiger partial charge in [0.1, 0.15) is 0 Å². The standard InChI is InChI=1S/C12H20N4O2S/c1-9-6-10(2)8-11(7-9)16-12(13)14-4-5-15-19(3,17)18/h6-8,15H,4-5H2,1-3H3,(H3,13,14,16). The van der Waals surface area contributed by atoms with Gasteiger partial charge in [-0.25, -0.2) is 13.1 Å². The Morgan fingerprint density at radius 1 is 1.26 bits per heavy atom. The highest BCUT2D eigenvalue weighted by Crippen LogP contribution is 2.13. The lowest BCUT2D eigenvalue weighted by atomic mass is 10.1. The zero-order chi connectivity index (χ0) is 14.5. The second-order valence-electron chi connectivity index (χ2n) is 4.43. The molecule has 0 fully saturated rings. The highest BCUT2D eigenvalue weighted by molar-refractivity contribution is 7.88. The molecule has 0 unspecified atom stereocenters.